The SMILES string of the molecule is CC(C)(CO)n1cnc2ncccc21. The lowest BCUT2D eigenvalue weighted by molar-refractivity contribution is 0.168. The number of fused-ring (bicyclic) bond motifs is 1. The summed E-state index contributed by atoms with van der Waals surface area (Å²) in [7, 11) is 0. The van der Waals surface area contributed by atoms with Crippen molar-refractivity contribution in [1.82, 2.24) is 14.5 Å². The van der Waals surface area contributed by atoms with Gasteiger partial charge >= 0.3 is 0 Å². The number of rotatable bonds is 2. The van der Waals surface area contributed by atoms with E-state index in [4.69, 9.17) is 0 Å². The van der Waals surface area contributed by atoms with Crippen molar-refractivity contribution >= 4 is 11.2 Å². The number of imidazole rings is 1. The van der Waals surface area contributed by atoms with E-state index in [-0.39, 0.29) is 12.1 Å². The van der Waals surface area contributed by atoms with Gasteiger partial charge in [-0.3, -0.25) is 0 Å². The fraction of sp³-hybridized carbons (Fsp3) is 0.400. The van der Waals surface area contributed by atoms with Crippen LogP contribution in [0.3, 0.4) is 0 Å². The van der Waals surface area contributed by atoms with Gasteiger partial charge in [-0.2, -0.15) is 0 Å². The number of hydrogen-bond donors (Lipinski definition) is 1. The van der Waals surface area contributed by atoms with Crippen molar-refractivity contribution < 1.29 is 5.11 Å². The average molecular weight is 191 g/mol. The second-order valence-electron chi connectivity index (χ2n) is 3.93. The standard InChI is InChI=1S/C10H13N3O/c1-10(2,6-14)13-7-12-9-8(13)4-3-5-11-9/h3-5,7,14H,6H2,1-2H3. The van der Waals surface area contributed by atoms with E-state index >= 15 is 0 Å². The molecule has 0 aliphatic rings. The molecule has 2 heterocycles. The Hall–Kier alpha value is -1.42. The summed E-state index contributed by atoms with van der Waals surface area (Å²) >= 11 is 0. The molecule has 0 bridgehead atoms. The normalized spacial score (nSPS) is 12.2. The Morgan fingerprint density at radius 3 is 2.93 bits per heavy atom. The van der Waals surface area contributed by atoms with E-state index < -0.39 is 0 Å². The number of hydrogen-bond acceptors (Lipinski definition) is 3. The molecule has 14 heavy (non-hydrogen) atoms. The summed E-state index contributed by atoms with van der Waals surface area (Å²) in [5.74, 6) is 0. The molecule has 1 N–H and O–H groups in total. The minimum absolute atomic E-state index is 0.0767. The van der Waals surface area contributed by atoms with Gasteiger partial charge in [0.25, 0.3) is 0 Å². The van der Waals surface area contributed by atoms with Crippen LogP contribution >= 0.6 is 0 Å². The van der Waals surface area contributed by atoms with E-state index in [0.717, 1.165) is 5.52 Å². The Morgan fingerprint density at radius 1 is 1.43 bits per heavy atom. The van der Waals surface area contributed by atoms with Crippen LogP contribution in [0, 0.1) is 0 Å². The maximum atomic E-state index is 9.26. The molecule has 4 heteroatoms. The largest absolute Gasteiger partial charge is 0.394 e. The van der Waals surface area contributed by atoms with Crippen LogP contribution in [0.25, 0.3) is 11.2 Å². The Bertz CT molecular complexity index is 447. The molecule has 0 radical (unpaired) electrons. The molecule has 0 aromatic carbocycles. The molecule has 0 amide bonds. The second kappa shape index (κ2) is 3.06. The van der Waals surface area contributed by atoms with Gasteiger partial charge in [0.05, 0.1) is 24.0 Å². The van der Waals surface area contributed by atoms with Crippen LogP contribution in [0.5, 0.6) is 0 Å². The van der Waals surface area contributed by atoms with Crippen LogP contribution in [-0.2, 0) is 5.54 Å². The van der Waals surface area contributed by atoms with Crippen molar-refractivity contribution in [1.29, 1.82) is 0 Å². The molecular formula is C10H13N3O. The van der Waals surface area contributed by atoms with Gasteiger partial charge in [-0.05, 0) is 26.0 Å². The van der Waals surface area contributed by atoms with E-state index in [2.05, 4.69) is 9.97 Å². The van der Waals surface area contributed by atoms with E-state index in [1.54, 1.807) is 12.5 Å². The number of aliphatic hydroxyl groups is 1. The maximum absolute atomic E-state index is 9.26. The highest BCUT2D eigenvalue weighted by Crippen LogP contribution is 2.20. The quantitative estimate of drug-likeness (QED) is 0.775. The van der Waals surface area contributed by atoms with Crippen molar-refractivity contribution in [3.05, 3.63) is 24.7 Å². The Kier molecular flexibility index (Phi) is 2.00. The number of aliphatic hydroxyl groups excluding tert-OH is 1. The van der Waals surface area contributed by atoms with E-state index in [9.17, 15) is 5.11 Å². The molecule has 0 atom stereocenters. The molecule has 0 aliphatic carbocycles. The first-order valence-electron chi connectivity index (χ1n) is 4.54. The molecule has 0 spiro atoms. The first kappa shape index (κ1) is 9.15. The summed E-state index contributed by atoms with van der Waals surface area (Å²) in [6, 6.07) is 3.82. The van der Waals surface area contributed by atoms with E-state index in [1.165, 1.54) is 0 Å². The topological polar surface area (TPSA) is 50.9 Å². The van der Waals surface area contributed by atoms with Crippen molar-refractivity contribution in [3.63, 3.8) is 0 Å². The molecule has 0 saturated carbocycles. The molecule has 0 saturated heterocycles. The van der Waals surface area contributed by atoms with Crippen LogP contribution in [0.15, 0.2) is 24.7 Å². The summed E-state index contributed by atoms with van der Waals surface area (Å²) in [5, 5.41) is 9.26. The summed E-state index contributed by atoms with van der Waals surface area (Å²) in [6.45, 7) is 4.00. The van der Waals surface area contributed by atoms with Gasteiger partial charge < -0.3 is 9.67 Å². The highest BCUT2D eigenvalue weighted by Gasteiger charge is 2.20. The predicted molar refractivity (Wildman–Crippen MR) is 53.9 cm³/mol. The predicted octanol–water partition coefficient (Wildman–Crippen LogP) is 1.16. The first-order valence-corrected chi connectivity index (χ1v) is 4.54. The first-order chi connectivity index (χ1) is 6.65. The Balaban J connectivity index is 2.64. The lowest BCUT2D eigenvalue weighted by atomic mass is 10.1. The summed E-state index contributed by atoms with van der Waals surface area (Å²) in [6.07, 6.45) is 3.43. The molecule has 2 aromatic heterocycles. The van der Waals surface area contributed by atoms with Crippen molar-refractivity contribution in [2.24, 2.45) is 0 Å². The smallest absolute Gasteiger partial charge is 0.177 e. The minimum Gasteiger partial charge on any atom is -0.394 e. The van der Waals surface area contributed by atoms with E-state index in [0.29, 0.717) is 5.65 Å². The van der Waals surface area contributed by atoms with Crippen molar-refractivity contribution in [3.8, 4) is 0 Å². The molecule has 4 nitrogen and oxygen atoms in total. The summed E-state index contributed by atoms with van der Waals surface area (Å²) in [5.41, 5.74) is 1.33. The van der Waals surface area contributed by atoms with Gasteiger partial charge in [-0.1, -0.05) is 0 Å². The number of aromatic nitrogens is 3. The molecule has 74 valence electrons. The molecule has 0 fully saturated rings. The lowest BCUT2D eigenvalue weighted by Gasteiger charge is -2.24. The van der Waals surface area contributed by atoms with Crippen molar-refractivity contribution in [2.45, 2.75) is 19.4 Å². The monoisotopic (exact) mass is 191 g/mol. The van der Waals surface area contributed by atoms with Gasteiger partial charge in [-0.15, -0.1) is 0 Å². The molecule has 0 aliphatic heterocycles. The molecule has 2 rings (SSSR count). The van der Waals surface area contributed by atoms with Gasteiger partial charge in [0.2, 0.25) is 0 Å². The Morgan fingerprint density at radius 2 is 2.21 bits per heavy atom. The van der Waals surface area contributed by atoms with Crippen molar-refractivity contribution in [2.75, 3.05) is 6.61 Å². The highest BCUT2D eigenvalue weighted by molar-refractivity contribution is 5.70. The van der Waals surface area contributed by atoms with Crippen LogP contribution in [-0.4, -0.2) is 26.2 Å². The summed E-state index contributed by atoms with van der Waals surface area (Å²) in [4.78, 5) is 8.31. The summed E-state index contributed by atoms with van der Waals surface area (Å²) < 4.78 is 1.94. The molecule has 2 aromatic rings. The number of nitrogens with zero attached hydrogens (tertiary/aromatic N) is 3. The van der Waals surface area contributed by atoms with Crippen LogP contribution < -0.4 is 0 Å². The van der Waals surface area contributed by atoms with Gasteiger partial charge in [0, 0.05) is 6.20 Å². The van der Waals surface area contributed by atoms with Gasteiger partial charge in [0.15, 0.2) is 5.65 Å². The minimum atomic E-state index is -0.336. The zero-order valence-corrected chi connectivity index (χ0v) is 8.31. The highest BCUT2D eigenvalue weighted by atomic mass is 16.3. The molecular weight excluding hydrogens is 178 g/mol. The molecule has 0 unspecified atom stereocenters. The zero-order chi connectivity index (χ0) is 10.2. The van der Waals surface area contributed by atoms with E-state index in [1.807, 2.05) is 30.5 Å². The third-order valence-corrected chi connectivity index (χ3v) is 2.36. The third kappa shape index (κ3) is 1.28. The van der Waals surface area contributed by atoms with Gasteiger partial charge in [0.1, 0.15) is 0 Å². The Labute approximate surface area is 82.2 Å². The van der Waals surface area contributed by atoms with Gasteiger partial charge in [-0.25, -0.2) is 9.97 Å². The fourth-order valence-electron chi connectivity index (χ4n) is 1.41. The maximum Gasteiger partial charge on any atom is 0.177 e. The lowest BCUT2D eigenvalue weighted by Crippen LogP contribution is -2.29. The fourth-order valence-corrected chi connectivity index (χ4v) is 1.41. The second-order valence-corrected chi connectivity index (χ2v) is 3.93. The van der Waals surface area contributed by atoms with Crippen LogP contribution in [0.2, 0.25) is 0 Å². The average Bonchev–Trinajstić information content (AvgIpc) is 2.61. The third-order valence-electron chi connectivity index (χ3n) is 2.36. The zero-order valence-electron chi connectivity index (χ0n) is 8.31. The van der Waals surface area contributed by atoms with Crippen LogP contribution in [0.4, 0.5) is 0 Å². The number of pyridine rings is 1. The van der Waals surface area contributed by atoms with Crippen LogP contribution in [0.1, 0.15) is 13.8 Å².